The fourth-order valence-electron chi connectivity index (χ4n) is 2.53. The number of hydrogen-bond donors (Lipinski definition) is 1. The smallest absolute Gasteiger partial charge is 0.227 e. The van der Waals surface area contributed by atoms with Gasteiger partial charge in [-0.1, -0.05) is 35.5 Å². The number of carbonyl (C=O) groups excluding carboxylic acids is 1. The van der Waals surface area contributed by atoms with Crippen LogP contribution in [-0.2, 0) is 9.53 Å². The van der Waals surface area contributed by atoms with Gasteiger partial charge < -0.3 is 14.6 Å². The number of nitrogens with one attached hydrogen (secondary N) is 1. The van der Waals surface area contributed by atoms with Crippen molar-refractivity contribution in [2.75, 3.05) is 18.5 Å². The summed E-state index contributed by atoms with van der Waals surface area (Å²) < 4.78 is 10.4. The number of ether oxygens (including phenoxy) is 1. The van der Waals surface area contributed by atoms with E-state index in [1.807, 2.05) is 30.3 Å². The molecule has 110 valence electrons. The summed E-state index contributed by atoms with van der Waals surface area (Å²) in [6, 6.07) is 9.67. The lowest BCUT2D eigenvalue weighted by atomic mass is 9.99. The standard InChI is InChI=1S/C16H18N2O3/c19-16(13-7-4-9-20-10-8-13)17-14-11-21-18-15(14)12-5-2-1-3-6-12/h1-3,5-6,11,13H,4,7-10H2,(H,17,19). The minimum Gasteiger partial charge on any atom is -0.381 e. The molecule has 1 aromatic carbocycles. The third-order valence-electron chi connectivity index (χ3n) is 3.70. The topological polar surface area (TPSA) is 64.4 Å². The quantitative estimate of drug-likeness (QED) is 0.941. The second-order valence-electron chi connectivity index (χ2n) is 5.17. The number of nitrogens with zero attached hydrogens (tertiary/aromatic N) is 1. The molecular weight excluding hydrogens is 268 g/mol. The fraction of sp³-hybridized carbons (Fsp3) is 0.375. The molecule has 1 aliphatic heterocycles. The molecular formula is C16H18N2O3. The third-order valence-corrected chi connectivity index (χ3v) is 3.70. The normalized spacial score (nSPS) is 19.0. The average Bonchev–Trinajstić information content (AvgIpc) is 2.81. The van der Waals surface area contributed by atoms with E-state index in [-0.39, 0.29) is 11.8 Å². The van der Waals surface area contributed by atoms with Crippen LogP contribution in [0.25, 0.3) is 11.3 Å². The summed E-state index contributed by atoms with van der Waals surface area (Å²) >= 11 is 0. The predicted molar refractivity (Wildman–Crippen MR) is 78.7 cm³/mol. The molecule has 2 heterocycles. The second kappa shape index (κ2) is 6.54. The lowest BCUT2D eigenvalue weighted by molar-refractivity contribution is -0.120. The van der Waals surface area contributed by atoms with Gasteiger partial charge in [0, 0.05) is 24.7 Å². The zero-order valence-corrected chi connectivity index (χ0v) is 11.7. The molecule has 0 spiro atoms. The Labute approximate surface area is 123 Å². The van der Waals surface area contributed by atoms with E-state index in [0.29, 0.717) is 18.0 Å². The SMILES string of the molecule is O=C(Nc1conc1-c1ccccc1)C1CCCOCC1. The van der Waals surface area contributed by atoms with Crippen molar-refractivity contribution < 1.29 is 14.1 Å². The van der Waals surface area contributed by atoms with Crippen LogP contribution in [0.4, 0.5) is 5.69 Å². The summed E-state index contributed by atoms with van der Waals surface area (Å²) in [5.41, 5.74) is 2.20. The van der Waals surface area contributed by atoms with Crippen molar-refractivity contribution in [1.82, 2.24) is 5.16 Å². The number of rotatable bonds is 3. The Balaban J connectivity index is 1.73. The highest BCUT2D eigenvalue weighted by atomic mass is 16.5. The zero-order chi connectivity index (χ0) is 14.5. The number of hydrogen-bond acceptors (Lipinski definition) is 4. The minimum absolute atomic E-state index is 0.00831. The Hall–Kier alpha value is -2.14. The van der Waals surface area contributed by atoms with Crippen LogP contribution in [0.1, 0.15) is 19.3 Å². The Bertz CT molecular complexity index is 587. The van der Waals surface area contributed by atoms with Crippen LogP contribution in [0.3, 0.4) is 0 Å². The lowest BCUT2D eigenvalue weighted by Crippen LogP contribution is -2.23. The van der Waals surface area contributed by atoms with E-state index < -0.39 is 0 Å². The van der Waals surface area contributed by atoms with Gasteiger partial charge in [0.15, 0.2) is 0 Å². The molecule has 1 unspecified atom stereocenters. The molecule has 1 saturated heterocycles. The van der Waals surface area contributed by atoms with Crippen molar-refractivity contribution in [2.24, 2.45) is 5.92 Å². The predicted octanol–water partition coefficient (Wildman–Crippen LogP) is 3.10. The monoisotopic (exact) mass is 286 g/mol. The third kappa shape index (κ3) is 3.31. The lowest BCUT2D eigenvalue weighted by Gasteiger charge is -2.13. The molecule has 21 heavy (non-hydrogen) atoms. The van der Waals surface area contributed by atoms with E-state index >= 15 is 0 Å². The van der Waals surface area contributed by atoms with Gasteiger partial charge in [-0.3, -0.25) is 4.79 Å². The summed E-state index contributed by atoms with van der Waals surface area (Å²) in [7, 11) is 0. The van der Waals surface area contributed by atoms with Crippen LogP contribution in [-0.4, -0.2) is 24.3 Å². The molecule has 5 nitrogen and oxygen atoms in total. The van der Waals surface area contributed by atoms with Crippen molar-refractivity contribution in [3.8, 4) is 11.3 Å². The first-order valence-corrected chi connectivity index (χ1v) is 7.23. The van der Waals surface area contributed by atoms with E-state index in [0.717, 1.165) is 31.4 Å². The maximum absolute atomic E-state index is 12.4. The number of anilines is 1. The van der Waals surface area contributed by atoms with Crippen LogP contribution in [0.15, 0.2) is 41.1 Å². The Morgan fingerprint density at radius 2 is 2.05 bits per heavy atom. The molecule has 1 amide bonds. The van der Waals surface area contributed by atoms with E-state index in [1.165, 1.54) is 6.26 Å². The van der Waals surface area contributed by atoms with E-state index in [9.17, 15) is 4.79 Å². The average molecular weight is 286 g/mol. The van der Waals surface area contributed by atoms with Gasteiger partial charge in [-0.25, -0.2) is 0 Å². The minimum atomic E-state index is -0.00831. The number of amides is 1. The van der Waals surface area contributed by atoms with Gasteiger partial charge in [0.2, 0.25) is 5.91 Å². The first kappa shape index (κ1) is 13.8. The first-order chi connectivity index (χ1) is 10.3. The molecule has 3 rings (SSSR count). The molecule has 1 N–H and O–H groups in total. The maximum atomic E-state index is 12.4. The van der Waals surface area contributed by atoms with Crippen molar-refractivity contribution in [2.45, 2.75) is 19.3 Å². The second-order valence-corrected chi connectivity index (χ2v) is 5.17. The van der Waals surface area contributed by atoms with Crippen molar-refractivity contribution >= 4 is 11.6 Å². The molecule has 1 atom stereocenters. The number of benzene rings is 1. The van der Waals surface area contributed by atoms with E-state index in [2.05, 4.69) is 10.5 Å². The molecule has 0 aliphatic carbocycles. The van der Waals surface area contributed by atoms with Crippen LogP contribution < -0.4 is 5.32 Å². The molecule has 0 radical (unpaired) electrons. The summed E-state index contributed by atoms with van der Waals surface area (Å²) in [5, 5.41) is 6.92. The fourth-order valence-corrected chi connectivity index (χ4v) is 2.53. The molecule has 2 aromatic rings. The maximum Gasteiger partial charge on any atom is 0.227 e. The highest BCUT2D eigenvalue weighted by Crippen LogP contribution is 2.27. The van der Waals surface area contributed by atoms with Crippen LogP contribution >= 0.6 is 0 Å². The summed E-state index contributed by atoms with van der Waals surface area (Å²) in [5.74, 6) is 0.00639. The van der Waals surface area contributed by atoms with E-state index in [1.54, 1.807) is 0 Å². The Morgan fingerprint density at radius 3 is 2.90 bits per heavy atom. The van der Waals surface area contributed by atoms with Gasteiger partial charge in [0.1, 0.15) is 17.6 Å². The van der Waals surface area contributed by atoms with Crippen molar-refractivity contribution in [1.29, 1.82) is 0 Å². The molecule has 1 aliphatic rings. The molecule has 0 saturated carbocycles. The Morgan fingerprint density at radius 1 is 1.19 bits per heavy atom. The van der Waals surface area contributed by atoms with Crippen molar-refractivity contribution in [3.05, 3.63) is 36.6 Å². The Kier molecular flexibility index (Phi) is 4.31. The van der Waals surface area contributed by atoms with Crippen LogP contribution in [0.5, 0.6) is 0 Å². The zero-order valence-electron chi connectivity index (χ0n) is 11.7. The van der Waals surface area contributed by atoms with Crippen LogP contribution in [0.2, 0.25) is 0 Å². The summed E-state index contributed by atoms with van der Waals surface area (Å²) in [6.07, 6.45) is 4.02. The largest absolute Gasteiger partial charge is 0.381 e. The van der Waals surface area contributed by atoms with Gasteiger partial charge in [-0.2, -0.15) is 0 Å². The number of carbonyl (C=O) groups is 1. The summed E-state index contributed by atoms with van der Waals surface area (Å²) in [4.78, 5) is 12.4. The molecule has 5 heteroatoms. The van der Waals surface area contributed by atoms with Crippen LogP contribution in [0, 0.1) is 5.92 Å². The molecule has 0 bridgehead atoms. The van der Waals surface area contributed by atoms with Gasteiger partial charge in [0.25, 0.3) is 0 Å². The highest BCUT2D eigenvalue weighted by molar-refractivity contribution is 5.95. The van der Waals surface area contributed by atoms with Gasteiger partial charge >= 0.3 is 0 Å². The van der Waals surface area contributed by atoms with Gasteiger partial charge in [-0.05, 0) is 19.3 Å². The van der Waals surface area contributed by atoms with E-state index in [4.69, 9.17) is 9.26 Å². The highest BCUT2D eigenvalue weighted by Gasteiger charge is 2.22. The first-order valence-electron chi connectivity index (χ1n) is 7.23. The van der Waals surface area contributed by atoms with Crippen molar-refractivity contribution in [3.63, 3.8) is 0 Å². The van der Waals surface area contributed by atoms with Gasteiger partial charge in [0.05, 0.1) is 0 Å². The molecule has 1 aromatic heterocycles. The van der Waals surface area contributed by atoms with Gasteiger partial charge in [-0.15, -0.1) is 0 Å². The number of aromatic nitrogens is 1. The summed E-state index contributed by atoms with van der Waals surface area (Å²) in [6.45, 7) is 1.39. The molecule has 1 fully saturated rings.